The number of carbonyl (C=O) groups is 2. The van der Waals surface area contributed by atoms with Crippen LogP contribution in [0.25, 0.3) is 5.65 Å². The molecule has 0 saturated carbocycles. The van der Waals surface area contributed by atoms with Crippen LogP contribution < -0.4 is 10.6 Å². The molecule has 0 radical (unpaired) electrons. The molecule has 0 fully saturated rings. The summed E-state index contributed by atoms with van der Waals surface area (Å²) in [5, 5.41) is 5.60. The van der Waals surface area contributed by atoms with Crippen molar-refractivity contribution < 1.29 is 9.59 Å². The lowest BCUT2D eigenvalue weighted by atomic mass is 10.2. The van der Waals surface area contributed by atoms with E-state index in [9.17, 15) is 9.59 Å². The van der Waals surface area contributed by atoms with E-state index in [-0.39, 0.29) is 11.8 Å². The largest absolute Gasteiger partial charge is 0.326 e. The number of nitrogens with zero attached hydrogens (tertiary/aromatic N) is 2. The van der Waals surface area contributed by atoms with Crippen molar-refractivity contribution in [3.05, 3.63) is 59.5 Å². The first-order valence-corrected chi connectivity index (χ1v) is 8.14. The number of aryl methyl sites for hydroxylation is 2. The van der Waals surface area contributed by atoms with Gasteiger partial charge in [-0.2, -0.15) is 0 Å². The van der Waals surface area contributed by atoms with Crippen molar-refractivity contribution in [1.29, 1.82) is 0 Å². The van der Waals surface area contributed by atoms with Gasteiger partial charge >= 0.3 is 0 Å². The fourth-order valence-electron chi connectivity index (χ4n) is 2.75. The predicted octanol–water partition coefficient (Wildman–Crippen LogP) is 3.42. The standard InChI is InChI=1S/C19H20N4O2/c1-4-16-18(23-11-12(2)8-9-17(23)22-16)19(25)21-15-7-5-6-14(10-15)20-13(3)24/h5-11H,4H2,1-3H3,(H,20,24)(H,21,25). The van der Waals surface area contributed by atoms with Crippen LogP contribution in [0, 0.1) is 6.92 Å². The normalized spacial score (nSPS) is 10.7. The summed E-state index contributed by atoms with van der Waals surface area (Å²) in [6.07, 6.45) is 2.57. The second-order valence-corrected chi connectivity index (χ2v) is 5.91. The van der Waals surface area contributed by atoms with E-state index < -0.39 is 0 Å². The molecule has 0 aliphatic rings. The second-order valence-electron chi connectivity index (χ2n) is 5.91. The number of hydrogen-bond donors (Lipinski definition) is 2. The van der Waals surface area contributed by atoms with E-state index in [2.05, 4.69) is 15.6 Å². The second kappa shape index (κ2) is 6.76. The highest BCUT2D eigenvalue weighted by atomic mass is 16.2. The highest BCUT2D eigenvalue weighted by molar-refractivity contribution is 6.05. The Hall–Kier alpha value is -3.15. The number of benzene rings is 1. The summed E-state index contributed by atoms with van der Waals surface area (Å²) in [6, 6.07) is 10.9. The molecule has 0 saturated heterocycles. The Labute approximate surface area is 145 Å². The zero-order chi connectivity index (χ0) is 18.0. The zero-order valence-corrected chi connectivity index (χ0v) is 14.5. The number of pyridine rings is 1. The van der Waals surface area contributed by atoms with Crippen LogP contribution in [0.3, 0.4) is 0 Å². The molecular weight excluding hydrogens is 316 g/mol. The first-order chi connectivity index (χ1) is 12.0. The van der Waals surface area contributed by atoms with Crippen molar-refractivity contribution in [1.82, 2.24) is 9.38 Å². The third-order valence-electron chi connectivity index (χ3n) is 3.83. The Morgan fingerprint density at radius 1 is 1.12 bits per heavy atom. The van der Waals surface area contributed by atoms with Crippen molar-refractivity contribution in [2.45, 2.75) is 27.2 Å². The van der Waals surface area contributed by atoms with Gasteiger partial charge in [-0.1, -0.05) is 19.1 Å². The molecule has 6 heteroatoms. The quantitative estimate of drug-likeness (QED) is 0.766. The highest BCUT2D eigenvalue weighted by Crippen LogP contribution is 2.19. The lowest BCUT2D eigenvalue weighted by Gasteiger charge is -2.09. The molecule has 3 aromatic rings. The molecule has 0 spiro atoms. The maximum atomic E-state index is 12.9. The van der Waals surface area contributed by atoms with Gasteiger partial charge in [-0.3, -0.25) is 14.0 Å². The number of amides is 2. The summed E-state index contributed by atoms with van der Waals surface area (Å²) < 4.78 is 1.82. The zero-order valence-electron chi connectivity index (χ0n) is 14.5. The van der Waals surface area contributed by atoms with Crippen molar-refractivity contribution in [3.8, 4) is 0 Å². The summed E-state index contributed by atoms with van der Waals surface area (Å²) in [6.45, 7) is 5.39. The van der Waals surface area contributed by atoms with Gasteiger partial charge in [0, 0.05) is 24.5 Å². The molecule has 3 rings (SSSR count). The Bertz CT molecular complexity index is 959. The topological polar surface area (TPSA) is 75.5 Å². The highest BCUT2D eigenvalue weighted by Gasteiger charge is 2.18. The van der Waals surface area contributed by atoms with Crippen LogP contribution in [0.15, 0.2) is 42.6 Å². The Morgan fingerprint density at radius 2 is 1.84 bits per heavy atom. The molecule has 128 valence electrons. The van der Waals surface area contributed by atoms with Gasteiger partial charge in [-0.25, -0.2) is 4.98 Å². The average Bonchev–Trinajstić information content (AvgIpc) is 2.92. The Kier molecular flexibility index (Phi) is 4.52. The Balaban J connectivity index is 1.95. The van der Waals surface area contributed by atoms with Crippen LogP contribution in [-0.2, 0) is 11.2 Å². The first kappa shape index (κ1) is 16.7. The van der Waals surface area contributed by atoms with Crippen LogP contribution in [-0.4, -0.2) is 21.2 Å². The fourth-order valence-corrected chi connectivity index (χ4v) is 2.75. The maximum Gasteiger partial charge on any atom is 0.274 e. The predicted molar refractivity (Wildman–Crippen MR) is 98.0 cm³/mol. The van der Waals surface area contributed by atoms with Gasteiger partial charge in [0.1, 0.15) is 11.3 Å². The minimum Gasteiger partial charge on any atom is -0.326 e. The molecular formula is C19H20N4O2. The summed E-state index contributed by atoms with van der Waals surface area (Å²) in [5.41, 5.74) is 4.33. The summed E-state index contributed by atoms with van der Waals surface area (Å²) in [7, 11) is 0. The molecule has 2 heterocycles. The first-order valence-electron chi connectivity index (χ1n) is 8.14. The van der Waals surface area contributed by atoms with E-state index in [4.69, 9.17) is 0 Å². The molecule has 2 aromatic heterocycles. The number of rotatable bonds is 4. The molecule has 25 heavy (non-hydrogen) atoms. The Morgan fingerprint density at radius 3 is 2.52 bits per heavy atom. The molecule has 2 amide bonds. The minimum atomic E-state index is -0.227. The lowest BCUT2D eigenvalue weighted by molar-refractivity contribution is -0.114. The van der Waals surface area contributed by atoms with Crippen LogP contribution in [0.2, 0.25) is 0 Å². The number of nitrogens with one attached hydrogen (secondary N) is 2. The number of fused-ring (bicyclic) bond motifs is 1. The maximum absolute atomic E-state index is 12.9. The minimum absolute atomic E-state index is 0.158. The third-order valence-corrected chi connectivity index (χ3v) is 3.83. The molecule has 6 nitrogen and oxygen atoms in total. The summed E-state index contributed by atoms with van der Waals surface area (Å²) in [4.78, 5) is 28.6. The molecule has 0 atom stereocenters. The van der Waals surface area contributed by atoms with Crippen molar-refractivity contribution in [3.63, 3.8) is 0 Å². The number of hydrogen-bond acceptors (Lipinski definition) is 3. The van der Waals surface area contributed by atoms with Crippen molar-refractivity contribution >= 4 is 28.8 Å². The van der Waals surface area contributed by atoms with Crippen LogP contribution in [0.5, 0.6) is 0 Å². The molecule has 0 aliphatic carbocycles. The van der Waals surface area contributed by atoms with Crippen molar-refractivity contribution in [2.75, 3.05) is 10.6 Å². The third kappa shape index (κ3) is 3.52. The fraction of sp³-hybridized carbons (Fsp3) is 0.211. The van der Waals surface area contributed by atoms with Gasteiger partial charge < -0.3 is 10.6 Å². The van der Waals surface area contributed by atoms with E-state index in [0.29, 0.717) is 23.5 Å². The lowest BCUT2D eigenvalue weighted by Crippen LogP contribution is -2.16. The SMILES string of the molecule is CCc1nc2ccc(C)cn2c1C(=O)Nc1cccc(NC(C)=O)c1. The van der Waals surface area contributed by atoms with E-state index >= 15 is 0 Å². The van der Waals surface area contributed by atoms with E-state index in [0.717, 1.165) is 16.9 Å². The molecule has 0 unspecified atom stereocenters. The van der Waals surface area contributed by atoms with Gasteiger partial charge in [0.05, 0.1) is 5.69 Å². The molecule has 0 aliphatic heterocycles. The average molecular weight is 336 g/mol. The smallest absolute Gasteiger partial charge is 0.274 e. The van der Waals surface area contributed by atoms with Gasteiger partial charge in [0.25, 0.3) is 5.91 Å². The molecule has 2 N–H and O–H groups in total. The van der Waals surface area contributed by atoms with Crippen LogP contribution >= 0.6 is 0 Å². The van der Waals surface area contributed by atoms with Crippen LogP contribution in [0.1, 0.15) is 35.6 Å². The number of anilines is 2. The van der Waals surface area contributed by atoms with Gasteiger partial charge in [0.15, 0.2) is 0 Å². The van der Waals surface area contributed by atoms with E-state index in [1.807, 2.05) is 36.6 Å². The van der Waals surface area contributed by atoms with Crippen LogP contribution in [0.4, 0.5) is 11.4 Å². The van der Waals surface area contributed by atoms with E-state index in [1.54, 1.807) is 24.3 Å². The number of carbonyl (C=O) groups excluding carboxylic acids is 2. The summed E-state index contributed by atoms with van der Waals surface area (Å²) >= 11 is 0. The van der Waals surface area contributed by atoms with Crippen molar-refractivity contribution in [2.24, 2.45) is 0 Å². The van der Waals surface area contributed by atoms with E-state index in [1.165, 1.54) is 6.92 Å². The van der Waals surface area contributed by atoms with Gasteiger partial charge in [0.2, 0.25) is 5.91 Å². The number of aromatic nitrogens is 2. The summed E-state index contributed by atoms with van der Waals surface area (Å²) in [5.74, 6) is -0.385. The monoisotopic (exact) mass is 336 g/mol. The molecule has 0 bridgehead atoms. The molecule has 1 aromatic carbocycles. The van der Waals surface area contributed by atoms with Gasteiger partial charge in [-0.05, 0) is 43.2 Å². The number of imidazole rings is 1. The van der Waals surface area contributed by atoms with Gasteiger partial charge in [-0.15, -0.1) is 0 Å².